The lowest BCUT2D eigenvalue weighted by molar-refractivity contribution is -0.117. The quantitative estimate of drug-likeness (QED) is 0.724. The summed E-state index contributed by atoms with van der Waals surface area (Å²) >= 11 is 1.37. The van der Waals surface area contributed by atoms with Gasteiger partial charge in [0.2, 0.25) is 5.91 Å². The molecule has 138 valence electrons. The molecule has 1 N–H and O–H groups in total. The van der Waals surface area contributed by atoms with E-state index in [2.05, 4.69) is 10.3 Å². The molecule has 4 rings (SSSR count). The molecule has 0 unspecified atom stereocenters. The molecule has 1 aliphatic heterocycles. The van der Waals surface area contributed by atoms with Crippen molar-refractivity contribution in [2.24, 2.45) is 0 Å². The molecule has 3 aromatic rings. The van der Waals surface area contributed by atoms with Crippen molar-refractivity contribution in [3.8, 4) is 10.8 Å². The summed E-state index contributed by atoms with van der Waals surface area (Å²) in [7, 11) is 0. The van der Waals surface area contributed by atoms with E-state index in [1.807, 2.05) is 37.3 Å². The zero-order valence-electron chi connectivity index (χ0n) is 14.8. The van der Waals surface area contributed by atoms with Crippen LogP contribution < -0.4 is 10.2 Å². The normalized spacial score (nSPS) is 15.1. The van der Waals surface area contributed by atoms with Crippen LogP contribution in [0, 0.1) is 0 Å². The van der Waals surface area contributed by atoms with Gasteiger partial charge in [-0.15, -0.1) is 11.3 Å². The van der Waals surface area contributed by atoms with Gasteiger partial charge < -0.3 is 14.6 Å². The molecule has 6 nitrogen and oxygen atoms in total. The molecule has 1 saturated heterocycles. The predicted molar refractivity (Wildman–Crippen MR) is 104 cm³/mol. The molecule has 2 amide bonds. The first-order chi connectivity index (χ1) is 13.1. The van der Waals surface area contributed by atoms with E-state index < -0.39 is 0 Å². The fourth-order valence-corrected chi connectivity index (χ4v) is 3.89. The average Bonchev–Trinajstić information content (AvgIpc) is 3.42. The highest BCUT2D eigenvalue weighted by Gasteiger charge is 2.22. The number of amides is 2. The van der Waals surface area contributed by atoms with E-state index in [4.69, 9.17) is 4.42 Å². The van der Waals surface area contributed by atoms with Crippen molar-refractivity contribution in [1.82, 2.24) is 10.3 Å². The highest BCUT2D eigenvalue weighted by Crippen LogP contribution is 2.26. The van der Waals surface area contributed by atoms with Crippen molar-refractivity contribution < 1.29 is 14.0 Å². The topological polar surface area (TPSA) is 75.4 Å². The maximum absolute atomic E-state index is 12.5. The van der Waals surface area contributed by atoms with Crippen LogP contribution in [0.5, 0.6) is 0 Å². The van der Waals surface area contributed by atoms with Crippen molar-refractivity contribution in [3.05, 3.63) is 59.3 Å². The van der Waals surface area contributed by atoms with Gasteiger partial charge in [0.15, 0.2) is 10.8 Å². The zero-order chi connectivity index (χ0) is 18.8. The van der Waals surface area contributed by atoms with Crippen LogP contribution in [0.25, 0.3) is 10.8 Å². The van der Waals surface area contributed by atoms with Crippen LogP contribution in [0.2, 0.25) is 0 Å². The highest BCUT2D eigenvalue weighted by atomic mass is 32.1. The van der Waals surface area contributed by atoms with Crippen LogP contribution >= 0.6 is 11.3 Å². The number of carbonyl (C=O) groups excluding carboxylic acids is 2. The molecule has 3 heterocycles. The Morgan fingerprint density at radius 1 is 1.33 bits per heavy atom. The molecule has 1 aromatic carbocycles. The van der Waals surface area contributed by atoms with Crippen molar-refractivity contribution in [2.75, 3.05) is 11.4 Å². The Balaban J connectivity index is 1.46. The third kappa shape index (κ3) is 3.64. The first-order valence-electron chi connectivity index (χ1n) is 8.82. The largest absolute Gasteiger partial charge is 0.462 e. The summed E-state index contributed by atoms with van der Waals surface area (Å²) < 4.78 is 5.32. The fraction of sp³-hybridized carbons (Fsp3) is 0.250. The second kappa shape index (κ2) is 7.36. The van der Waals surface area contributed by atoms with Crippen LogP contribution in [-0.4, -0.2) is 23.3 Å². The number of anilines is 1. The summed E-state index contributed by atoms with van der Waals surface area (Å²) in [6.07, 6.45) is 3.06. The van der Waals surface area contributed by atoms with Crippen LogP contribution in [0.1, 0.15) is 41.9 Å². The summed E-state index contributed by atoms with van der Waals surface area (Å²) in [6, 6.07) is 11.1. The van der Waals surface area contributed by atoms with Gasteiger partial charge in [0.1, 0.15) is 5.69 Å². The van der Waals surface area contributed by atoms with Crippen LogP contribution in [0.3, 0.4) is 0 Å². The van der Waals surface area contributed by atoms with Gasteiger partial charge in [0, 0.05) is 24.0 Å². The van der Waals surface area contributed by atoms with E-state index in [9.17, 15) is 9.59 Å². The lowest BCUT2D eigenvalue weighted by atomic mass is 10.1. The van der Waals surface area contributed by atoms with Crippen LogP contribution in [-0.2, 0) is 4.79 Å². The number of hydrogen-bond acceptors (Lipinski definition) is 5. The summed E-state index contributed by atoms with van der Waals surface area (Å²) in [5.41, 5.74) is 2.19. The Labute approximate surface area is 160 Å². The first-order valence-corrected chi connectivity index (χ1v) is 9.70. The molecule has 0 bridgehead atoms. The van der Waals surface area contributed by atoms with E-state index in [1.165, 1.54) is 11.3 Å². The van der Waals surface area contributed by atoms with Gasteiger partial charge >= 0.3 is 0 Å². The monoisotopic (exact) mass is 381 g/mol. The van der Waals surface area contributed by atoms with Crippen molar-refractivity contribution in [2.45, 2.75) is 25.8 Å². The molecule has 1 fully saturated rings. The molecule has 0 saturated carbocycles. The first kappa shape index (κ1) is 17.5. The van der Waals surface area contributed by atoms with Crippen LogP contribution in [0.4, 0.5) is 5.69 Å². The third-order valence-corrected chi connectivity index (χ3v) is 5.43. The Morgan fingerprint density at radius 2 is 2.22 bits per heavy atom. The Bertz CT molecular complexity index is 965. The molecule has 1 aliphatic rings. The molecule has 2 aromatic heterocycles. The number of rotatable bonds is 5. The molecule has 1 atom stereocenters. The van der Waals surface area contributed by atoms with Crippen molar-refractivity contribution >= 4 is 28.8 Å². The second-order valence-electron chi connectivity index (χ2n) is 6.45. The van der Waals surface area contributed by atoms with Crippen molar-refractivity contribution in [1.29, 1.82) is 0 Å². The SMILES string of the molecule is C[C@@H](NC(=O)c1csc(-c2ccco2)n1)c1cccc(N2CCCC2=O)c1. The second-order valence-corrected chi connectivity index (χ2v) is 7.31. The maximum atomic E-state index is 12.5. The molecule has 0 spiro atoms. The predicted octanol–water partition coefficient (Wildman–Crippen LogP) is 4.02. The molecule has 7 heteroatoms. The number of nitrogens with one attached hydrogen (secondary N) is 1. The summed E-state index contributed by atoms with van der Waals surface area (Å²) in [5, 5.41) is 5.37. The summed E-state index contributed by atoms with van der Waals surface area (Å²) in [6.45, 7) is 2.67. The van der Waals surface area contributed by atoms with Crippen molar-refractivity contribution in [3.63, 3.8) is 0 Å². The van der Waals surface area contributed by atoms with Gasteiger partial charge in [-0.1, -0.05) is 12.1 Å². The van der Waals surface area contributed by atoms with E-state index in [0.717, 1.165) is 24.2 Å². The number of thiazole rings is 1. The van der Waals surface area contributed by atoms with Gasteiger partial charge in [0.25, 0.3) is 5.91 Å². The van der Waals surface area contributed by atoms with Gasteiger partial charge in [0.05, 0.1) is 12.3 Å². The minimum absolute atomic E-state index is 0.150. The summed E-state index contributed by atoms with van der Waals surface area (Å²) in [4.78, 5) is 30.7. The third-order valence-electron chi connectivity index (χ3n) is 4.57. The summed E-state index contributed by atoms with van der Waals surface area (Å²) in [5.74, 6) is 0.561. The van der Waals surface area contributed by atoms with Gasteiger partial charge in [-0.3, -0.25) is 9.59 Å². The average molecular weight is 381 g/mol. The van der Waals surface area contributed by atoms with Gasteiger partial charge in [-0.2, -0.15) is 0 Å². The Kier molecular flexibility index (Phi) is 4.77. The maximum Gasteiger partial charge on any atom is 0.271 e. The number of aromatic nitrogens is 1. The van der Waals surface area contributed by atoms with Gasteiger partial charge in [-0.25, -0.2) is 4.98 Å². The molecule has 0 radical (unpaired) electrons. The smallest absolute Gasteiger partial charge is 0.271 e. The molecular weight excluding hydrogens is 362 g/mol. The number of carbonyl (C=O) groups is 2. The Morgan fingerprint density at radius 3 is 2.96 bits per heavy atom. The molecular formula is C20H19N3O3S. The van der Waals surface area contributed by atoms with E-state index in [1.54, 1.807) is 22.6 Å². The van der Waals surface area contributed by atoms with E-state index in [-0.39, 0.29) is 17.9 Å². The Hall–Kier alpha value is -2.93. The number of hydrogen-bond donors (Lipinski definition) is 1. The van der Waals surface area contributed by atoms with E-state index >= 15 is 0 Å². The fourth-order valence-electron chi connectivity index (χ4n) is 3.13. The molecule has 27 heavy (non-hydrogen) atoms. The lowest BCUT2D eigenvalue weighted by Gasteiger charge is -2.19. The van der Waals surface area contributed by atoms with Crippen LogP contribution in [0.15, 0.2) is 52.5 Å². The number of furan rings is 1. The lowest BCUT2D eigenvalue weighted by Crippen LogP contribution is -2.27. The standard InChI is InChI=1S/C20H19N3O3S/c1-13(14-5-2-6-15(11-14)23-9-3-8-18(23)24)21-19(25)16-12-27-20(22-16)17-7-4-10-26-17/h2,4-7,10-13H,3,8-9H2,1H3,(H,21,25)/t13-/m1/s1. The highest BCUT2D eigenvalue weighted by molar-refractivity contribution is 7.13. The number of nitrogens with zero attached hydrogens (tertiary/aromatic N) is 2. The van der Waals surface area contributed by atoms with Gasteiger partial charge in [-0.05, 0) is 43.2 Å². The number of benzene rings is 1. The minimum atomic E-state index is -0.237. The zero-order valence-corrected chi connectivity index (χ0v) is 15.7. The van der Waals surface area contributed by atoms with E-state index in [0.29, 0.717) is 22.9 Å². The molecule has 0 aliphatic carbocycles. The minimum Gasteiger partial charge on any atom is -0.462 e.